The Hall–Kier alpha value is -1.68. The predicted octanol–water partition coefficient (Wildman–Crippen LogP) is 3.73. The van der Waals surface area contributed by atoms with E-state index >= 15 is 0 Å². The Morgan fingerprint density at radius 1 is 1.10 bits per heavy atom. The molecule has 4 heteroatoms. The number of carboxylic acid groups (broad SMARTS) is 1. The summed E-state index contributed by atoms with van der Waals surface area (Å²) in [5, 5.41) is 11.6. The van der Waals surface area contributed by atoms with Crippen molar-refractivity contribution in [3.05, 3.63) is 52.0 Å². The number of hydrogen-bond donors (Lipinski definition) is 1. The summed E-state index contributed by atoms with van der Waals surface area (Å²) < 4.78 is 0. The molecule has 0 bridgehead atoms. The Bertz CT molecular complexity index is 536. The molecule has 0 atom stereocenters. The monoisotopic (exact) mass is 289 g/mol. The highest BCUT2D eigenvalue weighted by atomic mass is 32.1. The Kier molecular flexibility index (Phi) is 5.74. The number of aromatic nitrogens is 1. The molecule has 0 aliphatic carbocycles. The van der Waals surface area contributed by atoms with Gasteiger partial charge >= 0.3 is 5.97 Å². The molecule has 106 valence electrons. The van der Waals surface area contributed by atoms with Gasteiger partial charge in [-0.1, -0.05) is 36.8 Å². The highest BCUT2D eigenvalue weighted by Gasteiger charge is 2.05. The molecule has 1 aromatic heterocycles. The van der Waals surface area contributed by atoms with Crippen LogP contribution in [0.25, 0.3) is 0 Å². The molecular weight excluding hydrogens is 270 g/mol. The summed E-state index contributed by atoms with van der Waals surface area (Å²) in [4.78, 5) is 14.9. The molecule has 1 heterocycles. The number of nitrogens with zero attached hydrogens (tertiary/aromatic N) is 1. The third-order valence-corrected chi connectivity index (χ3v) is 4.09. The van der Waals surface area contributed by atoms with Crippen LogP contribution in [0.15, 0.2) is 35.7 Å². The fraction of sp³-hybridized carbons (Fsp3) is 0.375. The molecule has 0 saturated heterocycles. The topological polar surface area (TPSA) is 50.2 Å². The third-order valence-electron chi connectivity index (χ3n) is 3.13. The minimum absolute atomic E-state index is 0.0322. The van der Waals surface area contributed by atoms with Gasteiger partial charge in [-0.05, 0) is 31.2 Å². The van der Waals surface area contributed by atoms with Crippen LogP contribution in [0.4, 0.5) is 0 Å². The van der Waals surface area contributed by atoms with E-state index in [4.69, 9.17) is 5.11 Å². The molecule has 0 aliphatic heterocycles. The zero-order valence-electron chi connectivity index (χ0n) is 11.4. The van der Waals surface area contributed by atoms with E-state index in [2.05, 4.69) is 29.2 Å². The van der Waals surface area contributed by atoms with Gasteiger partial charge in [0.1, 0.15) is 0 Å². The van der Waals surface area contributed by atoms with Crippen molar-refractivity contribution in [2.45, 2.75) is 38.5 Å². The normalized spacial score (nSPS) is 10.6. The van der Waals surface area contributed by atoms with E-state index in [-0.39, 0.29) is 6.42 Å². The number of hydrogen-bond acceptors (Lipinski definition) is 3. The number of rotatable bonds is 8. The maximum Gasteiger partial charge on any atom is 0.309 e. The molecule has 0 unspecified atom stereocenters. The molecule has 0 saturated carbocycles. The molecule has 0 aliphatic rings. The summed E-state index contributed by atoms with van der Waals surface area (Å²) in [7, 11) is 0. The zero-order valence-corrected chi connectivity index (χ0v) is 12.2. The number of carbonyl (C=O) groups is 1. The van der Waals surface area contributed by atoms with Crippen LogP contribution < -0.4 is 0 Å². The molecule has 0 fully saturated rings. The number of aryl methyl sites for hydroxylation is 2. The van der Waals surface area contributed by atoms with Crippen LogP contribution >= 0.6 is 11.3 Å². The number of carboxylic acids is 1. The molecular formula is C16H19NO2S. The second-order valence-corrected chi connectivity index (χ2v) is 5.79. The molecule has 0 amide bonds. The van der Waals surface area contributed by atoms with Crippen LogP contribution in [0.3, 0.4) is 0 Å². The minimum Gasteiger partial charge on any atom is -0.481 e. The highest BCUT2D eigenvalue weighted by Crippen LogP contribution is 2.14. The summed E-state index contributed by atoms with van der Waals surface area (Å²) in [6, 6.07) is 10.5. The van der Waals surface area contributed by atoms with E-state index in [1.165, 1.54) is 18.4 Å². The first-order valence-electron chi connectivity index (χ1n) is 6.93. The van der Waals surface area contributed by atoms with E-state index < -0.39 is 5.97 Å². The molecule has 1 aromatic carbocycles. The second-order valence-electron chi connectivity index (χ2n) is 4.85. The van der Waals surface area contributed by atoms with Crippen molar-refractivity contribution >= 4 is 17.3 Å². The Balaban J connectivity index is 1.63. The van der Waals surface area contributed by atoms with Crippen LogP contribution in [-0.2, 0) is 24.1 Å². The SMILES string of the molecule is O=C(O)Cc1csc(CCCCCc2ccccc2)n1. The van der Waals surface area contributed by atoms with Gasteiger partial charge in [0.15, 0.2) is 0 Å². The molecule has 1 N–H and O–H groups in total. The van der Waals surface area contributed by atoms with Gasteiger partial charge in [-0.2, -0.15) is 0 Å². The molecule has 0 radical (unpaired) electrons. The lowest BCUT2D eigenvalue weighted by Gasteiger charge is -2.00. The van der Waals surface area contributed by atoms with Crippen LogP contribution in [0.1, 0.15) is 35.5 Å². The first kappa shape index (κ1) is 14.7. The lowest BCUT2D eigenvalue weighted by molar-refractivity contribution is -0.136. The molecule has 0 spiro atoms. The fourth-order valence-corrected chi connectivity index (χ4v) is 2.97. The summed E-state index contributed by atoms with van der Waals surface area (Å²) in [5.41, 5.74) is 2.08. The minimum atomic E-state index is -0.815. The van der Waals surface area contributed by atoms with E-state index in [1.807, 2.05) is 11.4 Å². The maximum atomic E-state index is 10.6. The highest BCUT2D eigenvalue weighted by molar-refractivity contribution is 7.09. The van der Waals surface area contributed by atoms with Gasteiger partial charge in [-0.3, -0.25) is 4.79 Å². The predicted molar refractivity (Wildman–Crippen MR) is 81.2 cm³/mol. The lowest BCUT2D eigenvalue weighted by atomic mass is 10.1. The number of benzene rings is 1. The van der Waals surface area contributed by atoms with Crippen molar-refractivity contribution in [1.82, 2.24) is 4.98 Å². The summed E-state index contributed by atoms with van der Waals surface area (Å²) in [5.74, 6) is -0.815. The van der Waals surface area contributed by atoms with Crippen LogP contribution in [0, 0.1) is 0 Å². The van der Waals surface area contributed by atoms with Crippen molar-refractivity contribution in [3.8, 4) is 0 Å². The van der Waals surface area contributed by atoms with Gasteiger partial charge in [0.25, 0.3) is 0 Å². The van der Waals surface area contributed by atoms with Crippen molar-refractivity contribution in [2.75, 3.05) is 0 Å². The van der Waals surface area contributed by atoms with Crippen molar-refractivity contribution in [2.24, 2.45) is 0 Å². The summed E-state index contributed by atoms with van der Waals surface area (Å²) in [6.45, 7) is 0. The zero-order chi connectivity index (χ0) is 14.2. The molecule has 2 rings (SSSR count). The Labute approximate surface area is 123 Å². The van der Waals surface area contributed by atoms with Crippen molar-refractivity contribution in [1.29, 1.82) is 0 Å². The second kappa shape index (κ2) is 7.80. The largest absolute Gasteiger partial charge is 0.481 e. The smallest absolute Gasteiger partial charge is 0.309 e. The maximum absolute atomic E-state index is 10.6. The van der Waals surface area contributed by atoms with Crippen molar-refractivity contribution in [3.63, 3.8) is 0 Å². The summed E-state index contributed by atoms with van der Waals surface area (Å²) in [6.07, 6.45) is 5.61. The lowest BCUT2D eigenvalue weighted by Crippen LogP contribution is -2.00. The van der Waals surface area contributed by atoms with E-state index in [9.17, 15) is 4.79 Å². The van der Waals surface area contributed by atoms with E-state index in [0.717, 1.165) is 24.3 Å². The van der Waals surface area contributed by atoms with Gasteiger partial charge in [0, 0.05) is 5.38 Å². The third kappa shape index (κ3) is 5.13. The first-order chi connectivity index (χ1) is 9.74. The van der Waals surface area contributed by atoms with Gasteiger partial charge in [-0.15, -0.1) is 11.3 Å². The van der Waals surface area contributed by atoms with Gasteiger partial charge in [-0.25, -0.2) is 4.98 Å². The molecule has 2 aromatic rings. The number of unbranched alkanes of at least 4 members (excludes halogenated alkanes) is 2. The van der Waals surface area contributed by atoms with Crippen molar-refractivity contribution < 1.29 is 9.90 Å². The van der Waals surface area contributed by atoms with Gasteiger partial charge < -0.3 is 5.11 Å². The average molecular weight is 289 g/mol. The quantitative estimate of drug-likeness (QED) is 0.753. The first-order valence-corrected chi connectivity index (χ1v) is 7.81. The molecule has 20 heavy (non-hydrogen) atoms. The standard InChI is InChI=1S/C16H19NO2S/c18-16(19)11-14-12-20-15(17-14)10-6-2-5-9-13-7-3-1-4-8-13/h1,3-4,7-8,12H,2,5-6,9-11H2,(H,18,19). The summed E-state index contributed by atoms with van der Waals surface area (Å²) >= 11 is 1.57. The number of thiazole rings is 1. The number of aliphatic carboxylic acids is 1. The van der Waals surface area contributed by atoms with Crippen LogP contribution in [0.5, 0.6) is 0 Å². The van der Waals surface area contributed by atoms with Crippen LogP contribution in [0.2, 0.25) is 0 Å². The van der Waals surface area contributed by atoms with E-state index in [0.29, 0.717) is 5.69 Å². The van der Waals surface area contributed by atoms with Crippen LogP contribution in [-0.4, -0.2) is 16.1 Å². The van der Waals surface area contributed by atoms with Gasteiger partial charge in [0.05, 0.1) is 17.1 Å². The Morgan fingerprint density at radius 3 is 2.60 bits per heavy atom. The average Bonchev–Trinajstić information content (AvgIpc) is 2.86. The fourth-order valence-electron chi connectivity index (χ4n) is 2.13. The Morgan fingerprint density at radius 2 is 1.85 bits per heavy atom. The van der Waals surface area contributed by atoms with Gasteiger partial charge in [0.2, 0.25) is 0 Å². The molecule has 3 nitrogen and oxygen atoms in total. The van der Waals surface area contributed by atoms with E-state index in [1.54, 1.807) is 11.3 Å².